The van der Waals surface area contributed by atoms with Crippen LogP contribution in [0.4, 0.5) is 0 Å². The molecule has 1 heterocycles. The first-order valence-corrected chi connectivity index (χ1v) is 12.7. The average Bonchev–Trinajstić information content (AvgIpc) is 3.26. The van der Waals surface area contributed by atoms with Crippen LogP contribution in [0.2, 0.25) is 0 Å². The quantitative estimate of drug-likeness (QED) is 0.199. The topological polar surface area (TPSA) is 179 Å². The molecule has 7 N–H and O–H groups in total. The lowest BCUT2D eigenvalue weighted by molar-refractivity contribution is -0.142. The highest BCUT2D eigenvalue weighted by Crippen LogP contribution is 2.09. The molecule has 4 unspecified atom stereocenters. The largest absolute Gasteiger partial charge is 0.480 e. The molecule has 3 amide bonds. The predicted molar refractivity (Wildman–Crippen MR) is 131 cm³/mol. The van der Waals surface area contributed by atoms with Crippen LogP contribution in [0, 0.1) is 11.8 Å². The Morgan fingerprint density at radius 3 is 2.21 bits per heavy atom. The van der Waals surface area contributed by atoms with E-state index in [0.29, 0.717) is 24.3 Å². The normalized spacial score (nSPS) is 14.8. The van der Waals surface area contributed by atoms with Gasteiger partial charge in [0.15, 0.2) is 0 Å². The Kier molecular flexibility index (Phi) is 12.7. The number of carbonyl (C=O) groups is 4. The lowest BCUT2D eigenvalue weighted by atomic mass is 10.0. The van der Waals surface area contributed by atoms with Crippen molar-refractivity contribution in [1.82, 2.24) is 25.9 Å². The number of rotatable bonds is 15. The Morgan fingerprint density at radius 2 is 1.71 bits per heavy atom. The number of carboxylic acids is 1. The Balaban J connectivity index is 2.90. The summed E-state index contributed by atoms with van der Waals surface area (Å²) in [5, 5.41) is 17.4. The Morgan fingerprint density at radius 1 is 1.06 bits per heavy atom. The molecule has 0 aliphatic carbocycles. The molecule has 4 atom stereocenters. The number of nitrogens with two attached hydrogens (primary N) is 1. The van der Waals surface area contributed by atoms with E-state index in [2.05, 4.69) is 25.9 Å². The summed E-state index contributed by atoms with van der Waals surface area (Å²) in [5.74, 6) is -2.27. The first-order chi connectivity index (χ1) is 16.0. The molecule has 1 aromatic rings. The molecule has 0 saturated heterocycles. The molecular weight excluding hydrogens is 460 g/mol. The summed E-state index contributed by atoms with van der Waals surface area (Å²) < 4.78 is 0. The van der Waals surface area contributed by atoms with Crippen molar-refractivity contribution in [3.05, 3.63) is 18.2 Å². The van der Waals surface area contributed by atoms with E-state index in [4.69, 9.17) is 5.73 Å². The molecule has 0 saturated carbocycles. The van der Waals surface area contributed by atoms with Crippen LogP contribution in [-0.4, -0.2) is 74.9 Å². The minimum atomic E-state index is -1.21. The van der Waals surface area contributed by atoms with Crippen LogP contribution < -0.4 is 21.7 Å². The second-order valence-electron chi connectivity index (χ2n) is 8.99. The van der Waals surface area contributed by atoms with Crippen LogP contribution in [0.15, 0.2) is 12.5 Å². The maximum absolute atomic E-state index is 13.0. The van der Waals surface area contributed by atoms with Crippen LogP contribution in [0.1, 0.15) is 46.2 Å². The van der Waals surface area contributed by atoms with E-state index in [9.17, 15) is 24.3 Å². The molecule has 1 aromatic heterocycles. The minimum absolute atomic E-state index is 0.0139. The molecule has 0 aliphatic heterocycles. The second kappa shape index (κ2) is 14.6. The number of carbonyl (C=O) groups excluding carboxylic acids is 3. The molecule has 12 heteroatoms. The maximum atomic E-state index is 13.0. The zero-order valence-electron chi connectivity index (χ0n) is 20.5. The highest BCUT2D eigenvalue weighted by molar-refractivity contribution is 7.98. The summed E-state index contributed by atoms with van der Waals surface area (Å²) in [4.78, 5) is 56.8. The number of aromatic nitrogens is 2. The highest BCUT2D eigenvalue weighted by atomic mass is 32.2. The number of aliphatic carboxylic acids is 1. The van der Waals surface area contributed by atoms with Crippen molar-refractivity contribution in [3.63, 3.8) is 0 Å². The van der Waals surface area contributed by atoms with E-state index in [1.165, 1.54) is 24.3 Å². The third kappa shape index (κ3) is 10.1. The third-order valence-electron chi connectivity index (χ3n) is 5.15. The van der Waals surface area contributed by atoms with Gasteiger partial charge < -0.3 is 31.8 Å². The number of aromatic amines is 1. The summed E-state index contributed by atoms with van der Waals surface area (Å²) in [6, 6.07) is -3.80. The number of thioether (sulfide) groups is 1. The molecule has 0 aromatic carbocycles. The summed E-state index contributed by atoms with van der Waals surface area (Å²) in [7, 11) is 0. The highest BCUT2D eigenvalue weighted by Gasteiger charge is 2.32. The molecule has 0 spiro atoms. The van der Waals surface area contributed by atoms with Crippen LogP contribution >= 0.6 is 11.8 Å². The summed E-state index contributed by atoms with van der Waals surface area (Å²) in [6.45, 7) is 7.38. The Labute approximate surface area is 204 Å². The zero-order chi connectivity index (χ0) is 25.8. The van der Waals surface area contributed by atoms with E-state index >= 15 is 0 Å². The van der Waals surface area contributed by atoms with Gasteiger partial charge in [-0.2, -0.15) is 11.8 Å². The molecular formula is C22H38N6O5S. The maximum Gasteiger partial charge on any atom is 0.326 e. The van der Waals surface area contributed by atoms with Crippen LogP contribution in [0.25, 0.3) is 0 Å². The summed E-state index contributed by atoms with van der Waals surface area (Å²) in [6.07, 6.45) is 5.64. The Hall–Kier alpha value is -2.60. The third-order valence-corrected chi connectivity index (χ3v) is 5.79. The number of hydrogen-bond acceptors (Lipinski definition) is 7. The van der Waals surface area contributed by atoms with Crippen LogP contribution in [0.3, 0.4) is 0 Å². The van der Waals surface area contributed by atoms with Gasteiger partial charge in [0.2, 0.25) is 17.7 Å². The van der Waals surface area contributed by atoms with E-state index in [-0.39, 0.29) is 18.3 Å². The van der Waals surface area contributed by atoms with Gasteiger partial charge in [0.1, 0.15) is 18.1 Å². The fourth-order valence-corrected chi connectivity index (χ4v) is 3.74. The van der Waals surface area contributed by atoms with Crippen molar-refractivity contribution in [2.75, 3.05) is 12.0 Å². The lowest BCUT2D eigenvalue weighted by Gasteiger charge is -2.27. The molecule has 11 nitrogen and oxygen atoms in total. The number of carboxylic acid groups (broad SMARTS) is 1. The van der Waals surface area contributed by atoms with Gasteiger partial charge in [0.25, 0.3) is 0 Å². The van der Waals surface area contributed by atoms with Gasteiger partial charge in [0, 0.05) is 18.3 Å². The monoisotopic (exact) mass is 498 g/mol. The lowest BCUT2D eigenvalue weighted by Crippen LogP contribution is -2.58. The molecule has 0 bridgehead atoms. The zero-order valence-corrected chi connectivity index (χ0v) is 21.3. The van der Waals surface area contributed by atoms with Gasteiger partial charge in [-0.1, -0.05) is 27.7 Å². The number of imidazole rings is 1. The van der Waals surface area contributed by atoms with Gasteiger partial charge in [-0.15, -0.1) is 0 Å². The fraction of sp³-hybridized carbons (Fsp3) is 0.682. The molecule has 192 valence electrons. The molecule has 0 fully saturated rings. The van der Waals surface area contributed by atoms with E-state index in [0.717, 1.165) is 0 Å². The van der Waals surface area contributed by atoms with Gasteiger partial charge in [-0.25, -0.2) is 9.78 Å². The number of hydrogen-bond donors (Lipinski definition) is 6. The average molecular weight is 499 g/mol. The molecule has 1 rings (SSSR count). The first-order valence-electron chi connectivity index (χ1n) is 11.3. The van der Waals surface area contributed by atoms with Gasteiger partial charge in [-0.3, -0.25) is 14.4 Å². The number of nitrogens with zero attached hydrogens (tertiary/aromatic N) is 1. The van der Waals surface area contributed by atoms with Crippen molar-refractivity contribution in [2.24, 2.45) is 17.6 Å². The predicted octanol–water partition coefficient (Wildman–Crippen LogP) is 0.274. The standard InChI is InChI=1S/C22H38N6O5S/c1-12(2)8-15(23)19(29)26-16(6-7-34-5)20(30)28-18(13(3)4)21(31)27-17(22(32)33)9-14-10-24-11-25-14/h10-13,15-18H,6-9,23H2,1-5H3,(H,24,25)(H,26,29)(H,27,31)(H,28,30)(H,32,33). The summed E-state index contributed by atoms with van der Waals surface area (Å²) >= 11 is 1.52. The van der Waals surface area contributed by atoms with Crippen LogP contribution in [-0.2, 0) is 25.6 Å². The SMILES string of the molecule is CSCCC(NC(=O)C(N)CC(C)C)C(=O)NC(C(=O)NC(Cc1cnc[nH]1)C(=O)O)C(C)C. The molecule has 34 heavy (non-hydrogen) atoms. The van der Waals surface area contributed by atoms with Crippen molar-refractivity contribution in [2.45, 2.75) is 71.1 Å². The van der Waals surface area contributed by atoms with Gasteiger partial charge in [-0.05, 0) is 36.7 Å². The molecule has 0 radical (unpaired) electrons. The number of nitrogens with one attached hydrogen (secondary N) is 4. The number of H-pyrrole nitrogens is 1. The second-order valence-corrected chi connectivity index (χ2v) is 9.97. The van der Waals surface area contributed by atoms with Crippen molar-refractivity contribution >= 4 is 35.5 Å². The number of amides is 3. The first kappa shape index (κ1) is 29.4. The Bertz CT molecular complexity index is 802. The van der Waals surface area contributed by atoms with Gasteiger partial charge >= 0.3 is 5.97 Å². The van der Waals surface area contributed by atoms with E-state index < -0.39 is 47.9 Å². The van der Waals surface area contributed by atoms with Crippen molar-refractivity contribution in [3.8, 4) is 0 Å². The fourth-order valence-electron chi connectivity index (χ4n) is 3.26. The van der Waals surface area contributed by atoms with E-state index in [1.807, 2.05) is 20.1 Å². The van der Waals surface area contributed by atoms with Crippen LogP contribution in [0.5, 0.6) is 0 Å². The van der Waals surface area contributed by atoms with Gasteiger partial charge in [0.05, 0.1) is 12.4 Å². The van der Waals surface area contributed by atoms with Crippen molar-refractivity contribution in [1.29, 1.82) is 0 Å². The smallest absolute Gasteiger partial charge is 0.326 e. The minimum Gasteiger partial charge on any atom is -0.480 e. The molecule has 0 aliphatic rings. The van der Waals surface area contributed by atoms with E-state index in [1.54, 1.807) is 13.8 Å². The summed E-state index contributed by atoms with van der Waals surface area (Å²) in [5.41, 5.74) is 6.51. The van der Waals surface area contributed by atoms with Crippen molar-refractivity contribution < 1.29 is 24.3 Å².